The summed E-state index contributed by atoms with van der Waals surface area (Å²) in [6.45, 7) is 1.77. The van der Waals surface area contributed by atoms with Gasteiger partial charge in [0, 0.05) is 42.9 Å². The van der Waals surface area contributed by atoms with Crippen LogP contribution in [-0.2, 0) is 16.0 Å². The Morgan fingerprint density at radius 3 is 2.44 bits per heavy atom. The van der Waals surface area contributed by atoms with Crippen molar-refractivity contribution in [3.63, 3.8) is 0 Å². The van der Waals surface area contributed by atoms with Crippen molar-refractivity contribution in [1.29, 1.82) is 0 Å². The predicted molar refractivity (Wildman–Crippen MR) is 126 cm³/mol. The van der Waals surface area contributed by atoms with Crippen LogP contribution in [0, 0.1) is 5.92 Å². The molecule has 1 fully saturated rings. The average Bonchev–Trinajstić information content (AvgIpc) is 3.33. The summed E-state index contributed by atoms with van der Waals surface area (Å²) >= 11 is 1.62. The number of carbonyl (C=O) groups excluding carboxylic acids is 2. The fourth-order valence-electron chi connectivity index (χ4n) is 3.74. The van der Waals surface area contributed by atoms with Gasteiger partial charge >= 0.3 is 0 Å². The summed E-state index contributed by atoms with van der Waals surface area (Å²) in [5, 5.41) is 6.09. The van der Waals surface area contributed by atoms with Gasteiger partial charge in [0.2, 0.25) is 5.91 Å². The summed E-state index contributed by atoms with van der Waals surface area (Å²) in [6.07, 6.45) is 2.07. The molecule has 0 spiro atoms. The van der Waals surface area contributed by atoms with E-state index < -0.39 is 0 Å². The molecular formula is C25H27N3O3S. The molecule has 1 aliphatic rings. The van der Waals surface area contributed by atoms with E-state index in [-0.39, 0.29) is 24.3 Å². The lowest BCUT2D eigenvalue weighted by molar-refractivity contribution is -0.137. The zero-order valence-corrected chi connectivity index (χ0v) is 18.7. The number of amides is 2. The first kappa shape index (κ1) is 22.0. The van der Waals surface area contributed by atoms with Gasteiger partial charge in [-0.25, -0.2) is 4.98 Å². The minimum atomic E-state index is -0.0515. The molecule has 2 aromatic carbocycles. The van der Waals surface area contributed by atoms with E-state index >= 15 is 0 Å². The van der Waals surface area contributed by atoms with E-state index in [0.29, 0.717) is 44.6 Å². The maximum atomic E-state index is 12.5. The molecule has 1 saturated heterocycles. The van der Waals surface area contributed by atoms with E-state index in [4.69, 9.17) is 4.74 Å². The van der Waals surface area contributed by atoms with Crippen molar-refractivity contribution in [3.8, 4) is 16.3 Å². The third-order valence-corrected chi connectivity index (χ3v) is 6.52. The van der Waals surface area contributed by atoms with E-state index in [1.54, 1.807) is 16.2 Å². The summed E-state index contributed by atoms with van der Waals surface area (Å²) in [7, 11) is 0. The summed E-state index contributed by atoms with van der Waals surface area (Å²) < 4.78 is 5.54. The second kappa shape index (κ2) is 10.9. The van der Waals surface area contributed by atoms with Crippen molar-refractivity contribution in [2.45, 2.75) is 19.3 Å². The number of piperidine rings is 1. The molecule has 1 N–H and O–H groups in total. The monoisotopic (exact) mass is 449 g/mol. The molecule has 1 aromatic heterocycles. The molecule has 3 aromatic rings. The summed E-state index contributed by atoms with van der Waals surface area (Å²) in [6, 6.07) is 19.4. The first-order valence-corrected chi connectivity index (χ1v) is 11.8. The van der Waals surface area contributed by atoms with Gasteiger partial charge in [-0.2, -0.15) is 0 Å². The molecule has 0 saturated carbocycles. The SMILES string of the molecule is O=C(NCCc1csc(-c2ccccc2)n1)C1CCN(C(=O)COc2ccccc2)CC1. The Balaban J connectivity index is 1.16. The molecule has 1 aliphatic heterocycles. The number of nitrogens with one attached hydrogen (secondary N) is 1. The zero-order valence-electron chi connectivity index (χ0n) is 17.9. The topological polar surface area (TPSA) is 71.5 Å². The zero-order chi connectivity index (χ0) is 22.2. The van der Waals surface area contributed by atoms with E-state index in [0.717, 1.165) is 16.3 Å². The Bertz CT molecular complexity index is 1020. The largest absolute Gasteiger partial charge is 0.484 e. The predicted octanol–water partition coefficient (Wildman–Crippen LogP) is 3.79. The number of benzene rings is 2. The lowest BCUT2D eigenvalue weighted by Gasteiger charge is -2.31. The van der Waals surface area contributed by atoms with Gasteiger partial charge < -0.3 is 15.0 Å². The highest BCUT2D eigenvalue weighted by Crippen LogP contribution is 2.23. The molecule has 0 bridgehead atoms. The van der Waals surface area contributed by atoms with E-state index in [1.807, 2.05) is 48.5 Å². The molecular weight excluding hydrogens is 422 g/mol. The minimum Gasteiger partial charge on any atom is -0.484 e. The molecule has 32 heavy (non-hydrogen) atoms. The van der Waals surface area contributed by atoms with Crippen LogP contribution in [0.15, 0.2) is 66.0 Å². The van der Waals surface area contributed by atoms with Crippen LogP contribution in [-0.4, -0.2) is 47.9 Å². The molecule has 7 heteroatoms. The fourth-order valence-corrected chi connectivity index (χ4v) is 4.60. The van der Waals surface area contributed by atoms with Crippen molar-refractivity contribution >= 4 is 23.2 Å². The number of hydrogen-bond acceptors (Lipinski definition) is 5. The maximum absolute atomic E-state index is 12.5. The lowest BCUT2D eigenvalue weighted by atomic mass is 9.96. The molecule has 0 radical (unpaired) electrons. The van der Waals surface area contributed by atoms with Gasteiger partial charge in [0.15, 0.2) is 6.61 Å². The second-order valence-corrected chi connectivity index (χ2v) is 8.67. The van der Waals surface area contributed by atoms with Crippen molar-refractivity contribution in [2.24, 2.45) is 5.92 Å². The number of aromatic nitrogens is 1. The average molecular weight is 450 g/mol. The first-order valence-electron chi connectivity index (χ1n) is 10.9. The molecule has 166 valence electrons. The van der Waals surface area contributed by atoms with Crippen LogP contribution < -0.4 is 10.1 Å². The lowest BCUT2D eigenvalue weighted by Crippen LogP contribution is -2.44. The third kappa shape index (κ3) is 5.95. The highest BCUT2D eigenvalue weighted by Gasteiger charge is 2.27. The standard InChI is InChI=1S/C25H27N3O3S/c29-23(17-31-22-9-5-2-6-10-22)28-15-12-19(13-16-28)24(30)26-14-11-21-18-32-25(27-21)20-7-3-1-4-8-20/h1-10,18-19H,11-17H2,(H,26,30). The number of para-hydroxylation sites is 1. The quantitative estimate of drug-likeness (QED) is 0.568. The second-order valence-electron chi connectivity index (χ2n) is 7.81. The van der Waals surface area contributed by atoms with Crippen LogP contribution in [0.4, 0.5) is 0 Å². The van der Waals surface area contributed by atoms with E-state index in [1.165, 1.54) is 0 Å². The number of rotatable bonds is 8. The highest BCUT2D eigenvalue weighted by atomic mass is 32.1. The van der Waals surface area contributed by atoms with Crippen molar-refractivity contribution in [2.75, 3.05) is 26.2 Å². The maximum Gasteiger partial charge on any atom is 0.260 e. The van der Waals surface area contributed by atoms with Crippen LogP contribution in [0.5, 0.6) is 5.75 Å². The molecule has 0 aliphatic carbocycles. The Hall–Kier alpha value is -3.19. The molecule has 2 amide bonds. The minimum absolute atomic E-state index is 0.0273. The molecule has 6 nitrogen and oxygen atoms in total. The number of ether oxygens (including phenoxy) is 1. The number of carbonyl (C=O) groups is 2. The molecule has 0 unspecified atom stereocenters. The summed E-state index contributed by atoms with van der Waals surface area (Å²) in [5.41, 5.74) is 2.11. The van der Waals surface area contributed by atoms with Crippen molar-refractivity contribution < 1.29 is 14.3 Å². The van der Waals surface area contributed by atoms with Gasteiger partial charge in [-0.1, -0.05) is 48.5 Å². The van der Waals surface area contributed by atoms with Gasteiger partial charge in [0.05, 0.1) is 5.69 Å². The smallest absolute Gasteiger partial charge is 0.260 e. The third-order valence-electron chi connectivity index (χ3n) is 5.58. The number of likely N-dealkylation sites (tertiary alicyclic amines) is 1. The Morgan fingerprint density at radius 2 is 1.72 bits per heavy atom. The van der Waals surface area contributed by atoms with Gasteiger partial charge in [0.1, 0.15) is 10.8 Å². The van der Waals surface area contributed by atoms with Crippen LogP contribution >= 0.6 is 11.3 Å². The molecule has 2 heterocycles. The van der Waals surface area contributed by atoms with Crippen LogP contribution in [0.2, 0.25) is 0 Å². The number of thiazole rings is 1. The normalized spacial score (nSPS) is 14.2. The summed E-state index contributed by atoms with van der Waals surface area (Å²) in [5.74, 6) is 0.664. The Kier molecular flexibility index (Phi) is 7.51. The number of nitrogens with zero attached hydrogens (tertiary/aromatic N) is 2. The van der Waals surface area contributed by atoms with Crippen LogP contribution in [0.3, 0.4) is 0 Å². The first-order chi connectivity index (χ1) is 15.7. The van der Waals surface area contributed by atoms with E-state index in [2.05, 4.69) is 27.8 Å². The Morgan fingerprint density at radius 1 is 1.03 bits per heavy atom. The van der Waals surface area contributed by atoms with Gasteiger partial charge in [-0.05, 0) is 25.0 Å². The highest BCUT2D eigenvalue weighted by molar-refractivity contribution is 7.13. The van der Waals surface area contributed by atoms with Crippen molar-refractivity contribution in [3.05, 3.63) is 71.7 Å². The van der Waals surface area contributed by atoms with Gasteiger partial charge in [0.25, 0.3) is 5.91 Å². The van der Waals surface area contributed by atoms with Crippen molar-refractivity contribution in [1.82, 2.24) is 15.2 Å². The summed E-state index contributed by atoms with van der Waals surface area (Å²) in [4.78, 5) is 31.4. The Labute approximate surface area is 192 Å². The van der Waals surface area contributed by atoms with Gasteiger partial charge in [-0.15, -0.1) is 11.3 Å². The fraction of sp³-hybridized carbons (Fsp3) is 0.320. The molecule has 4 rings (SSSR count). The van der Waals surface area contributed by atoms with Gasteiger partial charge in [-0.3, -0.25) is 9.59 Å². The van der Waals surface area contributed by atoms with Crippen LogP contribution in [0.1, 0.15) is 18.5 Å². The number of hydrogen-bond donors (Lipinski definition) is 1. The van der Waals surface area contributed by atoms with Crippen LogP contribution in [0.25, 0.3) is 10.6 Å². The molecule has 0 atom stereocenters. The van der Waals surface area contributed by atoms with E-state index in [9.17, 15) is 9.59 Å².